The third kappa shape index (κ3) is 3.90. The van der Waals surface area contributed by atoms with Gasteiger partial charge in [-0.15, -0.1) is 0 Å². The summed E-state index contributed by atoms with van der Waals surface area (Å²) in [6, 6.07) is 22.6. The van der Waals surface area contributed by atoms with Crippen LogP contribution in [0.3, 0.4) is 0 Å². The predicted octanol–water partition coefficient (Wildman–Crippen LogP) is 5.91. The van der Waals surface area contributed by atoms with Gasteiger partial charge < -0.3 is 9.15 Å². The number of hydrogen-bond acceptors (Lipinski definition) is 5. The Kier molecular flexibility index (Phi) is 5.36. The molecule has 0 N–H and O–H groups in total. The lowest BCUT2D eigenvalue weighted by Gasteiger charge is -2.09. The highest BCUT2D eigenvalue weighted by atomic mass is 79.9. The summed E-state index contributed by atoms with van der Waals surface area (Å²) >= 11 is 4.70. The first-order valence-corrected chi connectivity index (χ1v) is 10.1. The van der Waals surface area contributed by atoms with Crippen LogP contribution in [0.2, 0.25) is 0 Å². The fraction of sp³-hybridized carbons (Fsp3) is 0.0476. The number of furan rings is 1. The summed E-state index contributed by atoms with van der Waals surface area (Å²) in [6.07, 6.45) is 0. The first-order valence-electron chi connectivity index (χ1n) is 8.47. The first-order chi connectivity index (χ1) is 13.6. The Morgan fingerprint density at radius 3 is 2.36 bits per heavy atom. The van der Waals surface area contributed by atoms with Crippen LogP contribution < -0.4 is 4.74 Å². The number of esters is 1. The van der Waals surface area contributed by atoms with E-state index >= 15 is 0 Å². The molecule has 0 amide bonds. The molecule has 0 saturated heterocycles. The number of rotatable bonds is 5. The molecule has 7 heteroatoms. The summed E-state index contributed by atoms with van der Waals surface area (Å²) < 4.78 is 13.2. The van der Waals surface area contributed by atoms with Crippen LogP contribution in [0.4, 0.5) is 0 Å². The fourth-order valence-electron chi connectivity index (χ4n) is 2.61. The summed E-state index contributed by atoms with van der Waals surface area (Å²) in [4.78, 5) is 14.4. The van der Waals surface area contributed by atoms with Crippen molar-refractivity contribution in [1.29, 1.82) is 0 Å². The van der Waals surface area contributed by atoms with Gasteiger partial charge in [-0.3, -0.25) is 0 Å². The summed E-state index contributed by atoms with van der Waals surface area (Å²) in [5.41, 5.74) is 1.56. The van der Waals surface area contributed by atoms with Crippen LogP contribution in [0.15, 0.2) is 91.7 Å². The molecule has 0 unspecified atom stereocenters. The SMILES string of the molecule is Cc1nn(-c2ccccc2)c(OC(=O)c2ccc(Br)o2)c1Sc1ccccc1. The number of hydrogen-bond donors (Lipinski definition) is 0. The average Bonchev–Trinajstić information content (AvgIpc) is 3.28. The molecule has 0 atom stereocenters. The van der Waals surface area contributed by atoms with E-state index < -0.39 is 5.97 Å². The molecule has 28 heavy (non-hydrogen) atoms. The number of ether oxygens (including phenoxy) is 1. The van der Waals surface area contributed by atoms with Crippen molar-refractivity contribution in [2.45, 2.75) is 16.7 Å². The number of carbonyl (C=O) groups is 1. The molecular formula is C21H15BrN2O3S. The molecule has 4 rings (SSSR count). The normalized spacial score (nSPS) is 10.8. The van der Waals surface area contributed by atoms with Gasteiger partial charge in [-0.2, -0.15) is 9.78 Å². The molecule has 0 saturated carbocycles. The smallest absolute Gasteiger partial charge is 0.381 e. The quantitative estimate of drug-likeness (QED) is 0.351. The van der Waals surface area contributed by atoms with Crippen molar-refractivity contribution in [2.24, 2.45) is 0 Å². The summed E-state index contributed by atoms with van der Waals surface area (Å²) in [5, 5.41) is 4.61. The Balaban J connectivity index is 1.77. The number of nitrogens with zero attached hydrogens (tertiary/aromatic N) is 2. The standard InChI is InChI=1S/C21H15BrN2O3S/c1-14-19(28-16-10-6-3-7-11-16)20(24(23-14)15-8-4-2-5-9-15)27-21(25)17-12-13-18(22)26-17/h2-13H,1H3. The van der Waals surface area contributed by atoms with Crippen LogP contribution in [0.1, 0.15) is 16.2 Å². The van der Waals surface area contributed by atoms with Gasteiger partial charge in [-0.05, 0) is 59.3 Å². The average molecular weight is 455 g/mol. The maximum atomic E-state index is 12.6. The molecule has 0 aliphatic carbocycles. The molecule has 2 heterocycles. The van der Waals surface area contributed by atoms with Gasteiger partial charge in [0.1, 0.15) is 0 Å². The van der Waals surface area contributed by atoms with Gasteiger partial charge in [0.25, 0.3) is 0 Å². The van der Waals surface area contributed by atoms with E-state index in [9.17, 15) is 4.79 Å². The Morgan fingerprint density at radius 2 is 1.71 bits per heavy atom. The fourth-order valence-corrected chi connectivity index (χ4v) is 3.85. The molecule has 0 fully saturated rings. The highest BCUT2D eigenvalue weighted by Gasteiger charge is 2.24. The Hall–Kier alpha value is -2.77. The van der Waals surface area contributed by atoms with Crippen LogP contribution in [-0.2, 0) is 0 Å². The summed E-state index contributed by atoms with van der Waals surface area (Å²) in [5.74, 6) is -0.117. The van der Waals surface area contributed by atoms with Crippen LogP contribution in [0.25, 0.3) is 5.69 Å². The molecule has 2 aromatic carbocycles. The lowest BCUT2D eigenvalue weighted by Crippen LogP contribution is -2.11. The lowest BCUT2D eigenvalue weighted by molar-refractivity contribution is 0.0683. The van der Waals surface area contributed by atoms with Gasteiger partial charge in [0.05, 0.1) is 16.3 Å². The third-order valence-electron chi connectivity index (χ3n) is 3.89. The van der Waals surface area contributed by atoms with Crippen LogP contribution in [0, 0.1) is 6.92 Å². The minimum absolute atomic E-state index is 0.112. The van der Waals surface area contributed by atoms with E-state index in [0.717, 1.165) is 21.2 Å². The maximum absolute atomic E-state index is 12.6. The van der Waals surface area contributed by atoms with E-state index in [1.807, 2.05) is 67.6 Å². The van der Waals surface area contributed by atoms with E-state index in [0.29, 0.717) is 10.5 Å². The van der Waals surface area contributed by atoms with Crippen molar-refractivity contribution < 1.29 is 13.9 Å². The molecule has 0 radical (unpaired) electrons. The topological polar surface area (TPSA) is 57.3 Å². The van der Waals surface area contributed by atoms with Crippen molar-refractivity contribution >= 4 is 33.7 Å². The Labute approximate surface area is 174 Å². The van der Waals surface area contributed by atoms with E-state index in [1.54, 1.807) is 16.8 Å². The first kappa shape index (κ1) is 18.6. The zero-order valence-electron chi connectivity index (χ0n) is 14.8. The number of aryl methyl sites for hydroxylation is 1. The zero-order chi connectivity index (χ0) is 19.5. The minimum Gasteiger partial charge on any atom is -0.442 e. The molecule has 0 spiro atoms. The summed E-state index contributed by atoms with van der Waals surface area (Å²) in [7, 11) is 0. The van der Waals surface area contributed by atoms with Crippen molar-refractivity contribution in [3.05, 3.63) is 88.9 Å². The van der Waals surface area contributed by atoms with E-state index in [2.05, 4.69) is 21.0 Å². The second-order valence-corrected chi connectivity index (χ2v) is 7.74. The molecule has 4 aromatic rings. The van der Waals surface area contributed by atoms with E-state index in [-0.39, 0.29) is 5.76 Å². The van der Waals surface area contributed by atoms with Gasteiger partial charge in [0.15, 0.2) is 4.67 Å². The largest absolute Gasteiger partial charge is 0.442 e. The van der Waals surface area contributed by atoms with Gasteiger partial charge >= 0.3 is 5.97 Å². The molecule has 5 nitrogen and oxygen atoms in total. The Morgan fingerprint density at radius 1 is 1.04 bits per heavy atom. The zero-order valence-corrected chi connectivity index (χ0v) is 17.2. The number of benzene rings is 2. The van der Waals surface area contributed by atoms with E-state index in [1.165, 1.54) is 11.8 Å². The van der Waals surface area contributed by atoms with Gasteiger partial charge in [0.2, 0.25) is 11.6 Å². The second kappa shape index (κ2) is 8.08. The maximum Gasteiger partial charge on any atom is 0.381 e. The van der Waals surface area contributed by atoms with E-state index in [4.69, 9.17) is 9.15 Å². The predicted molar refractivity (Wildman–Crippen MR) is 110 cm³/mol. The second-order valence-electron chi connectivity index (χ2n) is 5.88. The highest BCUT2D eigenvalue weighted by Crippen LogP contribution is 2.39. The third-order valence-corrected chi connectivity index (χ3v) is 5.50. The van der Waals surface area contributed by atoms with Crippen molar-refractivity contribution in [3.8, 4) is 11.6 Å². The van der Waals surface area contributed by atoms with Crippen LogP contribution >= 0.6 is 27.7 Å². The van der Waals surface area contributed by atoms with Gasteiger partial charge in [-0.1, -0.05) is 48.2 Å². The molecule has 0 aliphatic rings. The summed E-state index contributed by atoms with van der Waals surface area (Å²) in [6.45, 7) is 1.89. The highest BCUT2D eigenvalue weighted by molar-refractivity contribution is 9.10. The van der Waals surface area contributed by atoms with Crippen LogP contribution in [0.5, 0.6) is 5.88 Å². The van der Waals surface area contributed by atoms with Gasteiger partial charge in [-0.25, -0.2) is 4.79 Å². The molecule has 140 valence electrons. The minimum atomic E-state index is -0.585. The lowest BCUT2D eigenvalue weighted by atomic mass is 10.3. The van der Waals surface area contributed by atoms with Crippen molar-refractivity contribution in [3.63, 3.8) is 0 Å². The number of halogens is 1. The molecule has 2 aromatic heterocycles. The number of carbonyl (C=O) groups excluding carboxylic acids is 1. The van der Waals surface area contributed by atoms with Crippen molar-refractivity contribution in [1.82, 2.24) is 9.78 Å². The molecule has 0 aliphatic heterocycles. The Bertz CT molecular complexity index is 1110. The molecule has 0 bridgehead atoms. The monoisotopic (exact) mass is 454 g/mol. The molecular weight excluding hydrogens is 440 g/mol. The van der Waals surface area contributed by atoms with Crippen LogP contribution in [-0.4, -0.2) is 15.7 Å². The number of aromatic nitrogens is 2. The van der Waals surface area contributed by atoms with Gasteiger partial charge in [0, 0.05) is 4.90 Å². The number of para-hydroxylation sites is 1. The van der Waals surface area contributed by atoms with Crippen molar-refractivity contribution in [2.75, 3.05) is 0 Å².